The van der Waals surface area contributed by atoms with Crippen molar-refractivity contribution >= 4 is 18.0 Å². The summed E-state index contributed by atoms with van der Waals surface area (Å²) in [6.45, 7) is 8.30. The smallest absolute Gasteiger partial charge is 0.308 e. The van der Waals surface area contributed by atoms with E-state index in [4.69, 9.17) is 9.47 Å². The molecule has 2 unspecified atom stereocenters. The Balaban J connectivity index is 1.28. The Hall–Kier alpha value is -3.16. The van der Waals surface area contributed by atoms with Gasteiger partial charge in [0.05, 0.1) is 12.1 Å². The molecule has 2 bridgehead atoms. The molecule has 1 amide bonds. The number of amides is 1. The van der Waals surface area contributed by atoms with E-state index < -0.39 is 0 Å². The standard InChI is InChI=1S/C35H42N2O5/c1-21(2)19-37(31(40)14-9-23-7-5-4-6-8-23)27-12-11-26-28-17-24-10-13-30(41-22(3)38)33-32(24)35(26,34(27)42-33)15-16-36(28)20-25-18-29(25)39/h4-10,13-14,21,25-29,34,39H,11-12,15-20H2,1-3H3/t25?,26-,27-,28+,29?,34-,35-/m0/s1. The highest BCUT2D eigenvalue weighted by Crippen LogP contribution is 2.64. The highest BCUT2D eigenvalue weighted by atomic mass is 16.6. The normalized spacial score (nSPS) is 32.4. The van der Waals surface area contributed by atoms with Crippen LogP contribution in [0.1, 0.15) is 63.1 Å². The number of aliphatic hydroxyl groups is 1. The van der Waals surface area contributed by atoms with Gasteiger partial charge in [0.2, 0.25) is 5.91 Å². The van der Waals surface area contributed by atoms with E-state index in [1.165, 1.54) is 18.1 Å². The quantitative estimate of drug-likeness (QED) is 0.284. The fraction of sp³-hybridized carbons (Fsp3) is 0.543. The van der Waals surface area contributed by atoms with Gasteiger partial charge in [-0.1, -0.05) is 50.2 Å². The van der Waals surface area contributed by atoms with Crippen LogP contribution in [0, 0.1) is 17.8 Å². The second kappa shape index (κ2) is 10.5. The summed E-state index contributed by atoms with van der Waals surface area (Å²) < 4.78 is 12.7. The van der Waals surface area contributed by atoms with E-state index >= 15 is 0 Å². The summed E-state index contributed by atoms with van der Waals surface area (Å²) in [6, 6.07) is 14.3. The molecule has 1 N–H and O–H groups in total. The first kappa shape index (κ1) is 27.7. The van der Waals surface area contributed by atoms with E-state index in [0.29, 0.717) is 41.8 Å². The molecule has 1 spiro atoms. The van der Waals surface area contributed by atoms with Crippen molar-refractivity contribution in [1.29, 1.82) is 0 Å². The third-order valence-corrected chi connectivity index (χ3v) is 10.5. The van der Waals surface area contributed by atoms with Crippen molar-refractivity contribution in [1.82, 2.24) is 9.80 Å². The molecule has 0 aromatic heterocycles. The maximum Gasteiger partial charge on any atom is 0.308 e. The van der Waals surface area contributed by atoms with Gasteiger partial charge in [0, 0.05) is 49.0 Å². The van der Waals surface area contributed by atoms with Gasteiger partial charge in [-0.2, -0.15) is 0 Å². The third kappa shape index (κ3) is 4.56. The van der Waals surface area contributed by atoms with Crippen molar-refractivity contribution in [2.45, 2.75) is 82.6 Å². The fourth-order valence-corrected chi connectivity index (χ4v) is 8.71. The second-order valence-electron chi connectivity index (χ2n) is 13.6. The minimum Gasteiger partial charge on any atom is -0.483 e. The molecule has 7 atom stereocenters. The number of aliphatic hydroxyl groups excluding tert-OH is 1. The van der Waals surface area contributed by atoms with Gasteiger partial charge in [-0.25, -0.2) is 0 Å². The summed E-state index contributed by atoms with van der Waals surface area (Å²) in [5.41, 5.74) is 3.27. The van der Waals surface area contributed by atoms with Crippen LogP contribution in [0.25, 0.3) is 6.08 Å². The molecule has 5 aliphatic rings. The van der Waals surface area contributed by atoms with E-state index in [1.54, 1.807) is 6.08 Å². The molecular formula is C35H42N2O5. The van der Waals surface area contributed by atoms with Crippen molar-refractivity contribution in [3.63, 3.8) is 0 Å². The molecule has 2 saturated carbocycles. The minimum atomic E-state index is -0.357. The lowest BCUT2D eigenvalue weighted by Gasteiger charge is -2.60. The average molecular weight is 571 g/mol. The van der Waals surface area contributed by atoms with E-state index in [9.17, 15) is 14.7 Å². The molecule has 1 saturated heterocycles. The molecule has 2 aromatic rings. The first-order valence-electron chi connectivity index (χ1n) is 15.7. The van der Waals surface area contributed by atoms with Crippen LogP contribution in [-0.4, -0.2) is 70.7 Å². The number of nitrogens with zero attached hydrogens (tertiary/aromatic N) is 2. The SMILES string of the molecule is CC(=O)Oc1ccc2c3c1O[C@H]1[C@@H](N(CC(C)C)C(=O)C=Cc4ccccc4)CC[C@H]4[C@@H](C2)N(CC2CC2O)CC[C@@]341. The number of ether oxygens (including phenoxy) is 2. The number of carbonyl (C=O) groups excluding carboxylic acids is 2. The van der Waals surface area contributed by atoms with Gasteiger partial charge in [0.15, 0.2) is 11.5 Å². The molecule has 7 nitrogen and oxygen atoms in total. The van der Waals surface area contributed by atoms with Crippen molar-refractivity contribution < 1.29 is 24.2 Å². The Bertz CT molecular complexity index is 1410. The highest BCUT2D eigenvalue weighted by molar-refractivity contribution is 5.92. The number of esters is 1. The van der Waals surface area contributed by atoms with Gasteiger partial charge in [0.25, 0.3) is 0 Å². The molecule has 2 heterocycles. The summed E-state index contributed by atoms with van der Waals surface area (Å²) in [6.07, 6.45) is 7.92. The molecule has 222 valence electrons. The molecule has 2 aromatic carbocycles. The van der Waals surface area contributed by atoms with Crippen LogP contribution in [0.15, 0.2) is 48.5 Å². The lowest BCUT2D eigenvalue weighted by Crippen LogP contribution is -2.69. The van der Waals surface area contributed by atoms with Crippen LogP contribution in [-0.2, 0) is 21.4 Å². The Morgan fingerprint density at radius 2 is 1.98 bits per heavy atom. The molecule has 7 heteroatoms. The first-order valence-corrected chi connectivity index (χ1v) is 15.7. The lowest BCUT2D eigenvalue weighted by atomic mass is 9.51. The van der Waals surface area contributed by atoms with Gasteiger partial charge in [-0.3, -0.25) is 14.5 Å². The molecule has 3 aliphatic carbocycles. The number of benzene rings is 2. The Kier molecular flexibility index (Phi) is 6.93. The Morgan fingerprint density at radius 3 is 2.69 bits per heavy atom. The highest BCUT2D eigenvalue weighted by Gasteiger charge is 2.67. The zero-order valence-corrected chi connectivity index (χ0v) is 24.9. The topological polar surface area (TPSA) is 79.3 Å². The van der Waals surface area contributed by atoms with Crippen LogP contribution in [0.5, 0.6) is 11.5 Å². The number of piperidine rings is 1. The Morgan fingerprint density at radius 1 is 1.19 bits per heavy atom. The van der Waals surface area contributed by atoms with Crippen molar-refractivity contribution in [2.24, 2.45) is 17.8 Å². The predicted octanol–water partition coefficient (Wildman–Crippen LogP) is 4.60. The molecule has 2 aliphatic heterocycles. The van der Waals surface area contributed by atoms with Crippen LogP contribution < -0.4 is 9.47 Å². The summed E-state index contributed by atoms with van der Waals surface area (Å²) in [5, 5.41) is 10.1. The van der Waals surface area contributed by atoms with Crippen molar-refractivity contribution in [3.05, 3.63) is 65.2 Å². The van der Waals surface area contributed by atoms with Gasteiger partial charge < -0.3 is 19.5 Å². The monoisotopic (exact) mass is 570 g/mol. The average Bonchev–Trinajstić information content (AvgIpc) is 3.54. The van der Waals surface area contributed by atoms with E-state index in [-0.39, 0.29) is 35.5 Å². The maximum atomic E-state index is 14.0. The van der Waals surface area contributed by atoms with Crippen LogP contribution in [0.3, 0.4) is 0 Å². The van der Waals surface area contributed by atoms with E-state index in [0.717, 1.165) is 50.8 Å². The predicted molar refractivity (Wildman–Crippen MR) is 160 cm³/mol. The van der Waals surface area contributed by atoms with Gasteiger partial charge >= 0.3 is 5.97 Å². The first-order chi connectivity index (χ1) is 20.3. The molecule has 0 radical (unpaired) electrons. The van der Waals surface area contributed by atoms with Crippen molar-refractivity contribution in [2.75, 3.05) is 19.6 Å². The number of rotatable bonds is 8. The number of carbonyl (C=O) groups is 2. The lowest BCUT2D eigenvalue weighted by molar-refractivity contribution is -0.138. The molecule has 7 rings (SSSR count). The van der Waals surface area contributed by atoms with Crippen LogP contribution in [0.2, 0.25) is 0 Å². The Labute approximate surface area is 248 Å². The number of hydrogen-bond donors (Lipinski definition) is 1. The molecule has 3 fully saturated rings. The number of likely N-dealkylation sites (tertiary alicyclic amines) is 1. The van der Waals surface area contributed by atoms with Crippen LogP contribution >= 0.6 is 0 Å². The number of hydrogen-bond acceptors (Lipinski definition) is 6. The van der Waals surface area contributed by atoms with Crippen LogP contribution in [0.4, 0.5) is 0 Å². The zero-order chi connectivity index (χ0) is 29.2. The zero-order valence-electron chi connectivity index (χ0n) is 24.9. The summed E-state index contributed by atoms with van der Waals surface area (Å²) in [5.74, 6) is 1.94. The second-order valence-corrected chi connectivity index (χ2v) is 13.6. The maximum absolute atomic E-state index is 14.0. The molecule has 42 heavy (non-hydrogen) atoms. The van der Waals surface area contributed by atoms with Gasteiger partial charge in [0.1, 0.15) is 6.10 Å². The van der Waals surface area contributed by atoms with Gasteiger partial charge in [-0.05, 0) is 73.8 Å². The summed E-state index contributed by atoms with van der Waals surface area (Å²) in [7, 11) is 0. The van der Waals surface area contributed by atoms with E-state index in [1.807, 2.05) is 42.5 Å². The van der Waals surface area contributed by atoms with Gasteiger partial charge in [-0.15, -0.1) is 0 Å². The molecular weight excluding hydrogens is 528 g/mol. The third-order valence-electron chi connectivity index (χ3n) is 10.5. The van der Waals surface area contributed by atoms with E-state index in [2.05, 4.69) is 29.7 Å². The largest absolute Gasteiger partial charge is 0.483 e. The fourth-order valence-electron chi connectivity index (χ4n) is 8.71. The summed E-state index contributed by atoms with van der Waals surface area (Å²) >= 11 is 0. The minimum absolute atomic E-state index is 0.0138. The van der Waals surface area contributed by atoms with Crippen molar-refractivity contribution in [3.8, 4) is 11.5 Å². The summed E-state index contributed by atoms with van der Waals surface area (Å²) in [4.78, 5) is 30.7.